The second-order valence-corrected chi connectivity index (χ2v) is 6.31. The number of thioether (sulfide) groups is 1. The number of carbonyl (C=O) groups excluding carboxylic acids is 1. The predicted molar refractivity (Wildman–Crippen MR) is 74.3 cm³/mol. The maximum absolute atomic E-state index is 12.5. The summed E-state index contributed by atoms with van der Waals surface area (Å²) in [6, 6.07) is 1.59. The van der Waals surface area contributed by atoms with Crippen molar-refractivity contribution in [3.63, 3.8) is 0 Å². The van der Waals surface area contributed by atoms with Gasteiger partial charge < -0.3 is 4.90 Å². The molecule has 0 spiro atoms. The highest BCUT2D eigenvalue weighted by Crippen LogP contribution is 2.25. The normalized spacial score (nSPS) is 22.9. The molecule has 0 aromatic carbocycles. The zero-order chi connectivity index (χ0) is 13.2. The van der Waals surface area contributed by atoms with Crippen molar-refractivity contribution in [1.82, 2.24) is 15.1 Å². The number of aromatic nitrogens is 2. The van der Waals surface area contributed by atoms with Crippen molar-refractivity contribution in [1.29, 1.82) is 0 Å². The van der Waals surface area contributed by atoms with Crippen LogP contribution in [0.5, 0.6) is 0 Å². The van der Waals surface area contributed by atoms with Crippen LogP contribution in [0.2, 0.25) is 0 Å². The van der Waals surface area contributed by atoms with Crippen LogP contribution in [0.3, 0.4) is 0 Å². The molecule has 0 unspecified atom stereocenters. The van der Waals surface area contributed by atoms with Gasteiger partial charge in [-0.2, -0.15) is 16.9 Å². The zero-order valence-corrected chi connectivity index (χ0v) is 11.5. The third-order valence-electron chi connectivity index (χ3n) is 3.84. The first-order valence-corrected chi connectivity index (χ1v) is 7.83. The molecule has 1 fully saturated rings. The molecule has 19 heavy (non-hydrogen) atoms. The molecule has 2 heterocycles. The molecule has 1 atom stereocenters. The molecule has 1 aliphatic heterocycles. The van der Waals surface area contributed by atoms with Gasteiger partial charge in [-0.25, -0.2) is 5.10 Å². The van der Waals surface area contributed by atoms with Gasteiger partial charge in [0.2, 0.25) is 5.91 Å². The van der Waals surface area contributed by atoms with Crippen LogP contribution in [0.1, 0.15) is 17.7 Å². The minimum atomic E-state index is -0.179. The average Bonchev–Trinajstić information content (AvgIpc) is 2.46. The molecule has 1 aromatic rings. The van der Waals surface area contributed by atoms with Gasteiger partial charge in [0.1, 0.15) is 0 Å². The van der Waals surface area contributed by atoms with E-state index in [9.17, 15) is 9.59 Å². The van der Waals surface area contributed by atoms with E-state index in [0.717, 1.165) is 48.7 Å². The third kappa shape index (κ3) is 2.68. The number of rotatable bonds is 1. The zero-order valence-electron chi connectivity index (χ0n) is 10.7. The molecule has 6 heteroatoms. The van der Waals surface area contributed by atoms with Gasteiger partial charge in [-0.05, 0) is 24.8 Å². The van der Waals surface area contributed by atoms with E-state index < -0.39 is 0 Å². The fraction of sp³-hybridized carbons (Fsp3) is 0.615. The Balaban J connectivity index is 1.74. The lowest BCUT2D eigenvalue weighted by atomic mass is 9.86. The number of nitrogens with zero attached hydrogens (tertiary/aromatic N) is 2. The molecule has 102 valence electrons. The summed E-state index contributed by atoms with van der Waals surface area (Å²) < 4.78 is 0. The number of carbonyl (C=O) groups is 1. The minimum Gasteiger partial charge on any atom is -0.341 e. The van der Waals surface area contributed by atoms with Gasteiger partial charge in [0.05, 0.1) is 5.69 Å². The third-order valence-corrected chi connectivity index (χ3v) is 4.79. The van der Waals surface area contributed by atoms with Gasteiger partial charge in [0, 0.05) is 36.6 Å². The van der Waals surface area contributed by atoms with Gasteiger partial charge in [-0.15, -0.1) is 0 Å². The molecule has 2 aliphatic rings. The topological polar surface area (TPSA) is 66.1 Å². The van der Waals surface area contributed by atoms with Crippen molar-refractivity contribution in [3.05, 3.63) is 27.7 Å². The molecule has 1 saturated heterocycles. The van der Waals surface area contributed by atoms with Crippen LogP contribution in [-0.2, 0) is 17.6 Å². The van der Waals surface area contributed by atoms with Crippen molar-refractivity contribution in [2.24, 2.45) is 5.92 Å². The number of aromatic amines is 1. The van der Waals surface area contributed by atoms with Crippen LogP contribution in [0.15, 0.2) is 10.9 Å². The monoisotopic (exact) mass is 279 g/mol. The van der Waals surface area contributed by atoms with E-state index in [-0.39, 0.29) is 17.4 Å². The van der Waals surface area contributed by atoms with E-state index in [0.29, 0.717) is 6.42 Å². The van der Waals surface area contributed by atoms with E-state index in [1.807, 2.05) is 16.7 Å². The highest BCUT2D eigenvalue weighted by molar-refractivity contribution is 7.99. The quantitative estimate of drug-likeness (QED) is 0.810. The molecular weight excluding hydrogens is 262 g/mol. The Morgan fingerprint density at radius 1 is 1.42 bits per heavy atom. The molecule has 0 bridgehead atoms. The molecule has 1 aliphatic carbocycles. The van der Waals surface area contributed by atoms with Crippen LogP contribution in [-0.4, -0.2) is 45.6 Å². The summed E-state index contributed by atoms with van der Waals surface area (Å²) in [5.74, 6) is 2.36. The van der Waals surface area contributed by atoms with Gasteiger partial charge in [0.15, 0.2) is 0 Å². The summed E-state index contributed by atoms with van der Waals surface area (Å²) in [5, 5.41) is 6.52. The lowest BCUT2D eigenvalue weighted by Gasteiger charge is -2.32. The summed E-state index contributed by atoms with van der Waals surface area (Å²) >= 11 is 1.90. The Hall–Kier alpha value is -1.30. The predicted octanol–water partition coefficient (Wildman–Crippen LogP) is 0.450. The first-order valence-electron chi connectivity index (χ1n) is 6.68. The maximum Gasteiger partial charge on any atom is 0.264 e. The molecule has 0 radical (unpaired) electrons. The van der Waals surface area contributed by atoms with Crippen molar-refractivity contribution < 1.29 is 4.79 Å². The lowest BCUT2D eigenvalue weighted by molar-refractivity contribution is -0.135. The highest BCUT2D eigenvalue weighted by atomic mass is 32.2. The molecule has 3 rings (SSSR count). The van der Waals surface area contributed by atoms with Crippen LogP contribution in [0.4, 0.5) is 0 Å². The van der Waals surface area contributed by atoms with Crippen molar-refractivity contribution in [3.8, 4) is 0 Å². The van der Waals surface area contributed by atoms with Crippen LogP contribution in [0, 0.1) is 5.92 Å². The Bertz CT molecular complexity index is 537. The minimum absolute atomic E-state index is 0.0270. The average molecular weight is 279 g/mol. The fourth-order valence-corrected chi connectivity index (χ4v) is 3.70. The summed E-state index contributed by atoms with van der Waals surface area (Å²) in [6.07, 6.45) is 2.29. The Morgan fingerprint density at radius 2 is 2.21 bits per heavy atom. The molecule has 1 aromatic heterocycles. The van der Waals surface area contributed by atoms with Gasteiger partial charge in [0.25, 0.3) is 5.56 Å². The van der Waals surface area contributed by atoms with Crippen molar-refractivity contribution in [2.45, 2.75) is 19.3 Å². The first kappa shape index (κ1) is 12.7. The standard InChI is InChI=1S/C13H17N3O2S/c17-12-8-10-7-9(1-2-11(10)14-15-12)13(18)16-3-5-19-6-4-16/h8-9H,1-7H2,(H,15,17)/t9-/m0/s1. The van der Waals surface area contributed by atoms with E-state index in [1.165, 1.54) is 0 Å². The van der Waals surface area contributed by atoms with Crippen LogP contribution >= 0.6 is 11.8 Å². The Kier molecular flexibility index (Phi) is 3.59. The second-order valence-electron chi connectivity index (χ2n) is 5.08. The Morgan fingerprint density at radius 3 is 3.00 bits per heavy atom. The van der Waals surface area contributed by atoms with Gasteiger partial charge in [-0.1, -0.05) is 0 Å². The van der Waals surface area contributed by atoms with E-state index in [4.69, 9.17) is 0 Å². The molecule has 1 amide bonds. The number of aryl methyl sites for hydroxylation is 1. The van der Waals surface area contributed by atoms with E-state index in [1.54, 1.807) is 6.07 Å². The number of H-pyrrole nitrogens is 1. The largest absolute Gasteiger partial charge is 0.341 e. The summed E-state index contributed by atoms with van der Waals surface area (Å²) in [7, 11) is 0. The van der Waals surface area contributed by atoms with Crippen LogP contribution < -0.4 is 5.56 Å². The number of amides is 1. The smallest absolute Gasteiger partial charge is 0.264 e. The number of hydrogen-bond acceptors (Lipinski definition) is 4. The molecule has 1 N–H and O–H groups in total. The summed E-state index contributed by atoms with van der Waals surface area (Å²) in [5.41, 5.74) is 1.71. The molecule has 0 saturated carbocycles. The van der Waals surface area contributed by atoms with E-state index in [2.05, 4.69) is 10.2 Å². The Labute approximate surface area is 115 Å². The number of fused-ring (bicyclic) bond motifs is 1. The summed E-state index contributed by atoms with van der Waals surface area (Å²) in [6.45, 7) is 1.72. The van der Waals surface area contributed by atoms with Crippen molar-refractivity contribution in [2.75, 3.05) is 24.6 Å². The van der Waals surface area contributed by atoms with Crippen LogP contribution in [0.25, 0.3) is 0 Å². The number of hydrogen-bond donors (Lipinski definition) is 1. The second kappa shape index (κ2) is 5.36. The lowest BCUT2D eigenvalue weighted by Crippen LogP contribution is -2.43. The maximum atomic E-state index is 12.5. The van der Waals surface area contributed by atoms with E-state index >= 15 is 0 Å². The van der Waals surface area contributed by atoms with Gasteiger partial charge in [-0.3, -0.25) is 9.59 Å². The fourth-order valence-electron chi connectivity index (χ4n) is 2.79. The van der Waals surface area contributed by atoms with Crippen molar-refractivity contribution >= 4 is 17.7 Å². The SMILES string of the molecule is O=C([C@H]1CCc2n[nH]c(=O)cc2C1)N1CCSCC1. The summed E-state index contributed by atoms with van der Waals surface area (Å²) in [4.78, 5) is 25.7. The molecular formula is C13H17N3O2S. The number of nitrogens with one attached hydrogen (secondary N) is 1. The molecule has 5 nitrogen and oxygen atoms in total. The highest BCUT2D eigenvalue weighted by Gasteiger charge is 2.29. The first-order chi connectivity index (χ1) is 9.24. The van der Waals surface area contributed by atoms with Gasteiger partial charge >= 0.3 is 0 Å².